The largest absolute Gasteiger partial charge is 0.324 e. The van der Waals surface area contributed by atoms with Gasteiger partial charge in [-0.15, -0.1) is 0 Å². The zero-order valence-corrected chi connectivity index (χ0v) is 14.6. The fourth-order valence-electron chi connectivity index (χ4n) is 3.97. The summed E-state index contributed by atoms with van der Waals surface area (Å²) in [6.45, 7) is -0.0842. The second-order valence-electron chi connectivity index (χ2n) is 6.31. The molecule has 2 aromatic rings. The Morgan fingerprint density at radius 1 is 1.27 bits per heavy atom. The number of rotatable bonds is 2. The van der Waals surface area contributed by atoms with E-state index in [0.717, 1.165) is 0 Å². The lowest BCUT2D eigenvalue weighted by Crippen LogP contribution is -2.48. The molecular formula is C17H12Cl2FN3O3. The van der Waals surface area contributed by atoms with Gasteiger partial charge in [0.1, 0.15) is 11.4 Å². The molecule has 0 saturated carbocycles. The monoisotopic (exact) mass is 395 g/mol. The van der Waals surface area contributed by atoms with Crippen molar-refractivity contribution in [3.05, 3.63) is 73.5 Å². The molecule has 2 aliphatic rings. The van der Waals surface area contributed by atoms with E-state index in [4.69, 9.17) is 23.2 Å². The first-order chi connectivity index (χ1) is 12.4. The Balaban J connectivity index is 1.98. The van der Waals surface area contributed by atoms with Crippen molar-refractivity contribution in [3.63, 3.8) is 0 Å². The molecule has 2 aromatic carbocycles. The van der Waals surface area contributed by atoms with Crippen LogP contribution in [0.15, 0.2) is 36.4 Å². The van der Waals surface area contributed by atoms with Crippen LogP contribution in [0.25, 0.3) is 0 Å². The minimum atomic E-state index is -1.47. The van der Waals surface area contributed by atoms with Crippen LogP contribution in [0.5, 0.6) is 0 Å². The number of fused-ring (bicyclic) bond motifs is 2. The van der Waals surface area contributed by atoms with E-state index in [2.05, 4.69) is 10.6 Å². The van der Waals surface area contributed by atoms with E-state index < -0.39 is 34.1 Å². The molecule has 4 rings (SSSR count). The molecule has 0 aromatic heterocycles. The van der Waals surface area contributed by atoms with E-state index in [0.29, 0.717) is 16.3 Å². The lowest BCUT2D eigenvalue weighted by Gasteiger charge is -2.30. The van der Waals surface area contributed by atoms with E-state index in [9.17, 15) is 19.3 Å². The molecule has 1 unspecified atom stereocenters. The lowest BCUT2D eigenvalue weighted by molar-refractivity contribution is -0.521. The quantitative estimate of drug-likeness (QED) is 0.603. The zero-order valence-electron chi connectivity index (χ0n) is 13.1. The van der Waals surface area contributed by atoms with E-state index in [1.54, 1.807) is 18.2 Å². The van der Waals surface area contributed by atoms with E-state index in [1.165, 1.54) is 18.2 Å². The number of carbonyl (C=O) groups is 1. The highest BCUT2D eigenvalue weighted by molar-refractivity contribution is 6.31. The number of nitrogens with zero attached hydrogens (tertiary/aromatic N) is 1. The Bertz CT molecular complexity index is 955. The number of hydrogen-bond acceptors (Lipinski definition) is 4. The van der Waals surface area contributed by atoms with Gasteiger partial charge in [-0.2, -0.15) is 0 Å². The van der Waals surface area contributed by atoms with Gasteiger partial charge in [0.2, 0.25) is 11.9 Å². The standard InChI is InChI=1S/C17H12Cl2FN3O3/c18-8-4-5-10-12(6-8)22-16(24)17(10)14(13(7-21-17)23(25)26)9-2-1-3-11(19)15(9)20/h1-6,13-14,21H,7H2,(H,22,24)/t13?,14-,17+/m0/s1. The van der Waals surface area contributed by atoms with Crippen LogP contribution >= 0.6 is 23.2 Å². The van der Waals surface area contributed by atoms with Gasteiger partial charge in [-0.1, -0.05) is 41.4 Å². The summed E-state index contributed by atoms with van der Waals surface area (Å²) in [6, 6.07) is 7.89. The molecule has 26 heavy (non-hydrogen) atoms. The van der Waals surface area contributed by atoms with Crippen molar-refractivity contribution in [2.45, 2.75) is 17.5 Å². The molecule has 1 spiro atoms. The van der Waals surface area contributed by atoms with Gasteiger partial charge < -0.3 is 5.32 Å². The first kappa shape index (κ1) is 17.2. The summed E-state index contributed by atoms with van der Waals surface area (Å²) >= 11 is 11.9. The number of nitrogens with one attached hydrogen (secondary N) is 2. The Morgan fingerprint density at radius 2 is 2.04 bits per heavy atom. The molecule has 0 radical (unpaired) electrons. The molecule has 2 N–H and O–H groups in total. The van der Waals surface area contributed by atoms with Crippen molar-refractivity contribution in [1.82, 2.24) is 5.32 Å². The average molecular weight is 396 g/mol. The highest BCUT2D eigenvalue weighted by atomic mass is 35.5. The molecule has 3 atom stereocenters. The maximum Gasteiger partial charge on any atom is 0.250 e. The predicted molar refractivity (Wildman–Crippen MR) is 94.7 cm³/mol. The van der Waals surface area contributed by atoms with Gasteiger partial charge in [-0.3, -0.25) is 20.2 Å². The second kappa shape index (κ2) is 5.90. The van der Waals surface area contributed by atoms with Crippen LogP contribution < -0.4 is 10.6 Å². The first-order valence-electron chi connectivity index (χ1n) is 7.80. The van der Waals surface area contributed by atoms with Crippen LogP contribution in [0.4, 0.5) is 10.1 Å². The molecule has 134 valence electrons. The fraction of sp³-hybridized carbons (Fsp3) is 0.235. The zero-order chi connectivity index (χ0) is 18.6. The topological polar surface area (TPSA) is 84.3 Å². The third-order valence-electron chi connectivity index (χ3n) is 5.04. The van der Waals surface area contributed by atoms with Gasteiger partial charge in [0.15, 0.2) is 0 Å². The van der Waals surface area contributed by atoms with Gasteiger partial charge >= 0.3 is 0 Å². The molecule has 9 heteroatoms. The summed E-state index contributed by atoms with van der Waals surface area (Å²) in [4.78, 5) is 24.1. The minimum absolute atomic E-state index is 0.0298. The molecule has 1 saturated heterocycles. The van der Waals surface area contributed by atoms with Crippen molar-refractivity contribution < 1.29 is 14.1 Å². The summed E-state index contributed by atoms with van der Waals surface area (Å²) in [5.74, 6) is -2.31. The highest BCUT2D eigenvalue weighted by Gasteiger charge is 2.63. The van der Waals surface area contributed by atoms with Gasteiger partial charge in [0.05, 0.1) is 17.5 Å². The average Bonchev–Trinajstić information content (AvgIpc) is 3.10. The van der Waals surface area contributed by atoms with Gasteiger partial charge in [0, 0.05) is 26.8 Å². The Hall–Kier alpha value is -2.22. The smallest absolute Gasteiger partial charge is 0.250 e. The number of carbonyl (C=O) groups excluding carboxylic acids is 1. The third-order valence-corrected chi connectivity index (χ3v) is 5.57. The van der Waals surface area contributed by atoms with Crippen LogP contribution in [0.1, 0.15) is 17.0 Å². The maximum atomic E-state index is 14.8. The SMILES string of the molecule is O=C1Nc2cc(Cl)ccc2[C@]12NCC([N+](=O)[O-])[C@@H]2c1cccc(Cl)c1F. The van der Waals surface area contributed by atoms with Gasteiger partial charge in [-0.05, 0) is 18.2 Å². The predicted octanol–water partition coefficient (Wildman–Crippen LogP) is 3.31. The molecule has 2 aliphatic heterocycles. The molecule has 2 heterocycles. The molecular weight excluding hydrogens is 384 g/mol. The van der Waals surface area contributed by atoms with Crippen molar-refractivity contribution in [1.29, 1.82) is 0 Å². The van der Waals surface area contributed by atoms with Crippen LogP contribution in [-0.4, -0.2) is 23.4 Å². The van der Waals surface area contributed by atoms with E-state index in [1.807, 2.05) is 0 Å². The van der Waals surface area contributed by atoms with E-state index >= 15 is 0 Å². The summed E-state index contributed by atoms with van der Waals surface area (Å²) in [5, 5.41) is 17.6. The molecule has 0 bridgehead atoms. The number of amides is 1. The second-order valence-corrected chi connectivity index (χ2v) is 7.15. The van der Waals surface area contributed by atoms with Crippen LogP contribution in [0, 0.1) is 15.9 Å². The van der Waals surface area contributed by atoms with Crippen molar-refractivity contribution in [2.24, 2.45) is 0 Å². The van der Waals surface area contributed by atoms with Crippen molar-refractivity contribution >= 4 is 34.8 Å². The normalized spacial score (nSPS) is 26.8. The van der Waals surface area contributed by atoms with Crippen molar-refractivity contribution in [3.8, 4) is 0 Å². The number of anilines is 1. The maximum absolute atomic E-state index is 14.8. The number of halogens is 3. The minimum Gasteiger partial charge on any atom is -0.324 e. The van der Waals surface area contributed by atoms with Crippen molar-refractivity contribution in [2.75, 3.05) is 11.9 Å². The van der Waals surface area contributed by atoms with Crippen LogP contribution in [-0.2, 0) is 10.3 Å². The molecule has 1 amide bonds. The lowest BCUT2D eigenvalue weighted by atomic mass is 9.74. The molecule has 0 aliphatic carbocycles. The number of nitro groups is 1. The van der Waals surface area contributed by atoms with Crippen LogP contribution in [0.2, 0.25) is 10.0 Å². The first-order valence-corrected chi connectivity index (χ1v) is 8.55. The number of benzene rings is 2. The Kier molecular flexibility index (Phi) is 3.91. The van der Waals surface area contributed by atoms with Crippen LogP contribution in [0.3, 0.4) is 0 Å². The van der Waals surface area contributed by atoms with Gasteiger partial charge in [0.25, 0.3) is 0 Å². The molecule has 6 nitrogen and oxygen atoms in total. The summed E-state index contributed by atoms with van der Waals surface area (Å²) < 4.78 is 14.8. The van der Waals surface area contributed by atoms with E-state index in [-0.39, 0.29) is 17.1 Å². The molecule has 1 fully saturated rings. The van der Waals surface area contributed by atoms with Gasteiger partial charge in [-0.25, -0.2) is 4.39 Å². The Morgan fingerprint density at radius 3 is 2.77 bits per heavy atom. The summed E-state index contributed by atoms with van der Waals surface area (Å²) in [5.41, 5.74) is -0.488. The number of hydrogen-bond donors (Lipinski definition) is 2. The highest BCUT2D eigenvalue weighted by Crippen LogP contribution is 2.51. The fourth-order valence-corrected chi connectivity index (χ4v) is 4.32. The summed E-state index contributed by atoms with van der Waals surface area (Å²) in [7, 11) is 0. The third kappa shape index (κ3) is 2.24. The Labute approximate surface area is 157 Å². The summed E-state index contributed by atoms with van der Waals surface area (Å²) in [6.07, 6.45) is 0.